The van der Waals surface area contributed by atoms with Crippen molar-refractivity contribution in [3.8, 4) is 11.4 Å². The highest BCUT2D eigenvalue weighted by molar-refractivity contribution is 8.00. The van der Waals surface area contributed by atoms with Gasteiger partial charge in [-0.25, -0.2) is 0 Å². The highest BCUT2D eigenvalue weighted by Gasteiger charge is 2.29. The Bertz CT molecular complexity index is 869. The lowest BCUT2D eigenvalue weighted by Gasteiger charge is -2.33. The number of carbonyl (C=O) groups excluding carboxylic acids is 1. The van der Waals surface area contributed by atoms with Gasteiger partial charge >= 0.3 is 0 Å². The summed E-state index contributed by atoms with van der Waals surface area (Å²) in [6.45, 7) is 12.1. The lowest BCUT2D eigenvalue weighted by atomic mass is 10.1. The van der Waals surface area contributed by atoms with Crippen LogP contribution in [-0.4, -0.2) is 63.1 Å². The van der Waals surface area contributed by atoms with Crippen LogP contribution in [-0.2, 0) is 4.79 Å². The number of carbonyl (C=O) groups is 1. The summed E-state index contributed by atoms with van der Waals surface area (Å²) in [5, 5.41) is 9.51. The van der Waals surface area contributed by atoms with Crippen LogP contribution in [0.25, 0.3) is 5.69 Å². The van der Waals surface area contributed by atoms with E-state index in [1.54, 1.807) is 7.11 Å². The molecule has 1 aromatic heterocycles. The Balaban J connectivity index is 1.98. The molecule has 170 valence electrons. The van der Waals surface area contributed by atoms with Crippen molar-refractivity contribution in [2.75, 3.05) is 25.1 Å². The standard InChI is InChI=1S/C23H35N5O2S/c1-16(2)27(17(3)4)21(29)18(5)31-23-25-24-22(26-14-10-7-11-15-26)28(23)19-12-8-9-13-20(19)30-6/h8-9,12-13,16-18H,7,10-11,14-15H2,1-6H3. The zero-order chi connectivity index (χ0) is 22.5. The van der Waals surface area contributed by atoms with Crippen LogP contribution in [0.1, 0.15) is 53.9 Å². The van der Waals surface area contributed by atoms with Gasteiger partial charge in [-0.15, -0.1) is 10.2 Å². The predicted octanol–water partition coefficient (Wildman–Crippen LogP) is 4.39. The van der Waals surface area contributed by atoms with Gasteiger partial charge in [0.1, 0.15) is 5.75 Å². The largest absolute Gasteiger partial charge is 0.495 e. The molecule has 2 heterocycles. The molecular weight excluding hydrogens is 410 g/mol. The van der Waals surface area contributed by atoms with Gasteiger partial charge in [0.15, 0.2) is 5.16 Å². The Morgan fingerprint density at radius 1 is 1.03 bits per heavy atom. The first-order chi connectivity index (χ1) is 14.8. The van der Waals surface area contributed by atoms with Crippen molar-refractivity contribution in [1.82, 2.24) is 19.7 Å². The van der Waals surface area contributed by atoms with E-state index in [9.17, 15) is 4.79 Å². The number of aromatic nitrogens is 3. The van der Waals surface area contributed by atoms with Gasteiger partial charge in [0, 0.05) is 25.2 Å². The van der Waals surface area contributed by atoms with E-state index in [0.717, 1.165) is 43.3 Å². The Morgan fingerprint density at radius 2 is 1.68 bits per heavy atom. The molecule has 1 unspecified atom stereocenters. The second kappa shape index (κ2) is 10.4. The number of para-hydroxylation sites is 2. The Labute approximate surface area is 190 Å². The third kappa shape index (κ3) is 5.17. The fourth-order valence-electron chi connectivity index (χ4n) is 4.19. The number of benzene rings is 1. The first-order valence-electron chi connectivity index (χ1n) is 11.2. The number of hydrogen-bond donors (Lipinski definition) is 0. The maximum Gasteiger partial charge on any atom is 0.236 e. The van der Waals surface area contributed by atoms with Crippen LogP contribution in [0.2, 0.25) is 0 Å². The van der Waals surface area contributed by atoms with Crippen molar-refractivity contribution in [2.45, 2.75) is 76.4 Å². The van der Waals surface area contributed by atoms with Crippen molar-refractivity contribution in [3.05, 3.63) is 24.3 Å². The number of ether oxygens (including phenoxy) is 1. The van der Waals surface area contributed by atoms with Gasteiger partial charge in [-0.1, -0.05) is 23.9 Å². The summed E-state index contributed by atoms with van der Waals surface area (Å²) < 4.78 is 7.69. The molecule has 1 aliphatic rings. The van der Waals surface area contributed by atoms with Gasteiger partial charge in [-0.3, -0.25) is 9.36 Å². The van der Waals surface area contributed by atoms with E-state index in [-0.39, 0.29) is 23.2 Å². The van der Waals surface area contributed by atoms with E-state index >= 15 is 0 Å². The summed E-state index contributed by atoms with van der Waals surface area (Å²) in [4.78, 5) is 17.4. The Kier molecular flexibility index (Phi) is 7.86. The van der Waals surface area contributed by atoms with Gasteiger partial charge in [0.25, 0.3) is 0 Å². The fraction of sp³-hybridized carbons (Fsp3) is 0.609. The lowest BCUT2D eigenvalue weighted by Crippen LogP contribution is -2.45. The van der Waals surface area contributed by atoms with E-state index in [2.05, 4.69) is 42.8 Å². The molecule has 1 aliphatic heterocycles. The minimum atomic E-state index is -0.281. The minimum Gasteiger partial charge on any atom is -0.495 e. The Morgan fingerprint density at radius 3 is 2.29 bits per heavy atom. The predicted molar refractivity (Wildman–Crippen MR) is 126 cm³/mol. The van der Waals surface area contributed by atoms with Gasteiger partial charge in [-0.05, 0) is 66.0 Å². The fourth-order valence-corrected chi connectivity index (χ4v) is 5.10. The quantitative estimate of drug-likeness (QED) is 0.562. The summed E-state index contributed by atoms with van der Waals surface area (Å²) >= 11 is 1.46. The lowest BCUT2D eigenvalue weighted by molar-refractivity contribution is -0.133. The molecule has 0 saturated carbocycles. The summed E-state index contributed by atoms with van der Waals surface area (Å²) in [5.41, 5.74) is 0.891. The zero-order valence-corrected chi connectivity index (χ0v) is 20.4. The van der Waals surface area contributed by atoms with Crippen molar-refractivity contribution < 1.29 is 9.53 Å². The van der Waals surface area contributed by atoms with E-state index in [4.69, 9.17) is 4.74 Å². The number of hydrogen-bond acceptors (Lipinski definition) is 6. The van der Waals surface area contributed by atoms with Crippen molar-refractivity contribution in [1.29, 1.82) is 0 Å². The minimum absolute atomic E-state index is 0.115. The molecule has 8 heteroatoms. The topological polar surface area (TPSA) is 63.5 Å². The Hall–Kier alpha value is -2.22. The first-order valence-corrected chi connectivity index (χ1v) is 12.1. The molecule has 1 fully saturated rings. The molecule has 7 nitrogen and oxygen atoms in total. The molecule has 1 atom stereocenters. The van der Waals surface area contributed by atoms with Crippen LogP contribution in [0.3, 0.4) is 0 Å². The van der Waals surface area contributed by atoms with Crippen LogP contribution in [0.15, 0.2) is 29.4 Å². The summed E-state index contributed by atoms with van der Waals surface area (Å²) in [7, 11) is 1.67. The van der Waals surface area contributed by atoms with Gasteiger partial charge in [0.05, 0.1) is 18.0 Å². The number of methoxy groups -OCH3 is 1. The average Bonchev–Trinajstić information content (AvgIpc) is 3.16. The van der Waals surface area contributed by atoms with Crippen LogP contribution in [0, 0.1) is 0 Å². The number of thioether (sulfide) groups is 1. The monoisotopic (exact) mass is 445 g/mol. The van der Waals surface area contributed by atoms with Gasteiger partial charge in [0.2, 0.25) is 11.9 Å². The van der Waals surface area contributed by atoms with E-state index in [1.807, 2.05) is 40.7 Å². The van der Waals surface area contributed by atoms with Crippen LogP contribution in [0.4, 0.5) is 5.95 Å². The molecule has 2 aromatic rings. The van der Waals surface area contributed by atoms with Crippen molar-refractivity contribution in [3.63, 3.8) is 0 Å². The smallest absolute Gasteiger partial charge is 0.236 e. The maximum absolute atomic E-state index is 13.2. The maximum atomic E-state index is 13.2. The van der Waals surface area contributed by atoms with Gasteiger partial charge in [-0.2, -0.15) is 0 Å². The molecule has 31 heavy (non-hydrogen) atoms. The average molecular weight is 446 g/mol. The highest BCUT2D eigenvalue weighted by Crippen LogP contribution is 2.34. The molecule has 1 amide bonds. The molecular formula is C23H35N5O2S. The van der Waals surface area contributed by atoms with Crippen molar-refractivity contribution in [2.24, 2.45) is 0 Å². The summed E-state index contributed by atoms with van der Waals surface area (Å²) in [5.74, 6) is 1.69. The van der Waals surface area contributed by atoms with Crippen LogP contribution in [0.5, 0.6) is 5.75 Å². The number of anilines is 1. The zero-order valence-electron chi connectivity index (χ0n) is 19.5. The normalized spacial score (nSPS) is 15.4. The third-order valence-electron chi connectivity index (χ3n) is 5.58. The first kappa shape index (κ1) is 23.4. The second-order valence-electron chi connectivity index (χ2n) is 8.53. The third-order valence-corrected chi connectivity index (χ3v) is 6.61. The molecule has 0 spiro atoms. The second-order valence-corrected chi connectivity index (χ2v) is 9.84. The SMILES string of the molecule is COc1ccccc1-n1c(SC(C)C(=O)N(C(C)C)C(C)C)nnc1N1CCCCC1. The van der Waals surface area contributed by atoms with Crippen LogP contribution >= 0.6 is 11.8 Å². The number of amides is 1. The van der Waals surface area contributed by atoms with Crippen LogP contribution < -0.4 is 9.64 Å². The molecule has 3 rings (SSSR count). The molecule has 1 aromatic carbocycles. The highest BCUT2D eigenvalue weighted by atomic mass is 32.2. The molecule has 0 N–H and O–H groups in total. The van der Waals surface area contributed by atoms with Crippen molar-refractivity contribution >= 4 is 23.6 Å². The molecule has 0 radical (unpaired) electrons. The van der Waals surface area contributed by atoms with E-state index in [0.29, 0.717) is 5.16 Å². The molecule has 0 aliphatic carbocycles. The molecule has 0 bridgehead atoms. The molecule has 1 saturated heterocycles. The number of rotatable bonds is 8. The number of nitrogens with zero attached hydrogens (tertiary/aromatic N) is 5. The number of piperidine rings is 1. The summed E-state index contributed by atoms with van der Waals surface area (Å²) in [6.07, 6.45) is 3.54. The van der Waals surface area contributed by atoms with E-state index < -0.39 is 0 Å². The summed E-state index contributed by atoms with van der Waals surface area (Å²) in [6, 6.07) is 8.19. The van der Waals surface area contributed by atoms with E-state index in [1.165, 1.54) is 18.2 Å². The van der Waals surface area contributed by atoms with Gasteiger partial charge < -0.3 is 14.5 Å².